The van der Waals surface area contributed by atoms with E-state index in [0.29, 0.717) is 13.0 Å². The molecule has 0 heterocycles. The van der Waals surface area contributed by atoms with Crippen LogP contribution in [0.5, 0.6) is 0 Å². The summed E-state index contributed by atoms with van der Waals surface area (Å²) in [6, 6.07) is 7.53. The molecule has 0 aliphatic heterocycles. The predicted octanol–water partition coefficient (Wildman–Crippen LogP) is 2.76. The predicted molar refractivity (Wildman–Crippen MR) is 80.2 cm³/mol. The second-order valence-electron chi connectivity index (χ2n) is 5.91. The van der Waals surface area contributed by atoms with Gasteiger partial charge in [0.25, 0.3) is 0 Å². The third-order valence-electron chi connectivity index (χ3n) is 3.14. The largest absolute Gasteiger partial charge is 0.356 e. The first-order valence-corrected chi connectivity index (χ1v) is 6.93. The van der Waals surface area contributed by atoms with Crippen LogP contribution in [0, 0.1) is 5.41 Å². The van der Waals surface area contributed by atoms with Crippen molar-refractivity contribution in [2.75, 3.05) is 6.54 Å². The van der Waals surface area contributed by atoms with Crippen LogP contribution in [0.3, 0.4) is 0 Å². The van der Waals surface area contributed by atoms with Gasteiger partial charge in [-0.05, 0) is 29.5 Å². The molecule has 3 nitrogen and oxygen atoms in total. The number of halogens is 1. The normalized spacial score (nSPS) is 13.1. The number of nitrogens with one attached hydrogen (secondary N) is 1. The first kappa shape index (κ1) is 16.0. The monoisotopic (exact) mass is 282 g/mol. The van der Waals surface area contributed by atoms with E-state index in [-0.39, 0.29) is 17.4 Å². The number of rotatable bonds is 5. The van der Waals surface area contributed by atoms with Gasteiger partial charge in [-0.1, -0.05) is 44.5 Å². The van der Waals surface area contributed by atoms with Crippen molar-refractivity contribution in [3.05, 3.63) is 34.9 Å². The summed E-state index contributed by atoms with van der Waals surface area (Å²) in [4.78, 5) is 11.7. The summed E-state index contributed by atoms with van der Waals surface area (Å²) in [6.45, 7) is 6.72. The molecule has 106 valence electrons. The molecule has 0 aromatic heterocycles. The molecule has 0 fully saturated rings. The molecular weight excluding hydrogens is 260 g/mol. The lowest BCUT2D eigenvalue weighted by Gasteiger charge is -2.26. The van der Waals surface area contributed by atoms with Gasteiger partial charge in [0.15, 0.2) is 0 Å². The highest BCUT2D eigenvalue weighted by atomic mass is 35.5. The molecule has 0 aliphatic rings. The molecule has 0 saturated carbocycles. The lowest BCUT2D eigenvalue weighted by atomic mass is 9.85. The van der Waals surface area contributed by atoms with Crippen LogP contribution in [0.4, 0.5) is 0 Å². The van der Waals surface area contributed by atoms with Crippen molar-refractivity contribution >= 4 is 17.5 Å². The molecule has 3 N–H and O–H groups in total. The zero-order chi connectivity index (χ0) is 14.5. The molecule has 1 aromatic rings. The number of hydrogen-bond acceptors (Lipinski definition) is 2. The van der Waals surface area contributed by atoms with Gasteiger partial charge in [0, 0.05) is 24.0 Å². The van der Waals surface area contributed by atoms with Crippen LogP contribution in [0.1, 0.15) is 32.8 Å². The first-order valence-electron chi connectivity index (χ1n) is 6.56. The first-order chi connectivity index (χ1) is 8.79. The highest BCUT2D eigenvalue weighted by Gasteiger charge is 2.22. The fourth-order valence-electron chi connectivity index (χ4n) is 1.62. The lowest BCUT2D eigenvalue weighted by Crippen LogP contribution is -2.40. The van der Waals surface area contributed by atoms with E-state index in [9.17, 15) is 4.79 Å². The van der Waals surface area contributed by atoms with Crippen molar-refractivity contribution in [3.63, 3.8) is 0 Å². The van der Waals surface area contributed by atoms with E-state index in [1.807, 2.05) is 45.0 Å². The Morgan fingerprint density at radius 2 is 2.11 bits per heavy atom. The summed E-state index contributed by atoms with van der Waals surface area (Å²) >= 11 is 5.90. The minimum absolute atomic E-state index is 0.00412. The standard InChI is InChI=1S/C15H23ClN2O/c1-15(2,3)13(17)10-14(19)18-8-7-11-5-4-6-12(16)9-11/h4-6,9,13H,7-8,10,17H2,1-3H3,(H,18,19). The summed E-state index contributed by atoms with van der Waals surface area (Å²) in [5.41, 5.74) is 7.04. The average molecular weight is 283 g/mol. The highest BCUT2D eigenvalue weighted by Crippen LogP contribution is 2.19. The summed E-state index contributed by atoms with van der Waals surface area (Å²) < 4.78 is 0. The lowest BCUT2D eigenvalue weighted by molar-refractivity contribution is -0.121. The van der Waals surface area contributed by atoms with E-state index in [1.165, 1.54) is 0 Å². The maximum atomic E-state index is 11.7. The van der Waals surface area contributed by atoms with Crippen LogP contribution in [0.2, 0.25) is 5.02 Å². The van der Waals surface area contributed by atoms with Crippen molar-refractivity contribution in [1.82, 2.24) is 5.32 Å². The van der Waals surface area contributed by atoms with Gasteiger partial charge in [-0.2, -0.15) is 0 Å². The van der Waals surface area contributed by atoms with Crippen LogP contribution in [0.25, 0.3) is 0 Å². The van der Waals surface area contributed by atoms with Gasteiger partial charge in [-0.3, -0.25) is 4.79 Å². The second-order valence-corrected chi connectivity index (χ2v) is 6.34. The maximum absolute atomic E-state index is 11.7. The van der Waals surface area contributed by atoms with Crippen LogP contribution in [-0.4, -0.2) is 18.5 Å². The molecule has 0 saturated heterocycles. The average Bonchev–Trinajstić information content (AvgIpc) is 2.27. The quantitative estimate of drug-likeness (QED) is 0.872. The Morgan fingerprint density at radius 3 is 2.68 bits per heavy atom. The van der Waals surface area contributed by atoms with E-state index in [2.05, 4.69) is 5.32 Å². The summed E-state index contributed by atoms with van der Waals surface area (Å²) in [6.07, 6.45) is 1.14. The van der Waals surface area contributed by atoms with Crippen LogP contribution < -0.4 is 11.1 Å². The number of benzene rings is 1. The van der Waals surface area contributed by atoms with E-state index < -0.39 is 0 Å². The van der Waals surface area contributed by atoms with Gasteiger partial charge in [-0.25, -0.2) is 0 Å². The van der Waals surface area contributed by atoms with E-state index in [4.69, 9.17) is 17.3 Å². The minimum atomic E-state index is -0.126. The molecule has 1 atom stereocenters. The second kappa shape index (κ2) is 6.92. The Kier molecular flexibility index (Phi) is 5.83. The van der Waals surface area contributed by atoms with E-state index >= 15 is 0 Å². The molecule has 0 aliphatic carbocycles. The van der Waals surface area contributed by atoms with Gasteiger partial charge in [-0.15, -0.1) is 0 Å². The molecule has 4 heteroatoms. The van der Waals surface area contributed by atoms with Gasteiger partial charge in [0.1, 0.15) is 0 Å². The zero-order valence-electron chi connectivity index (χ0n) is 11.9. The third kappa shape index (κ3) is 6.08. The smallest absolute Gasteiger partial charge is 0.221 e. The minimum Gasteiger partial charge on any atom is -0.356 e. The summed E-state index contributed by atoms with van der Waals surface area (Å²) in [7, 11) is 0. The zero-order valence-corrected chi connectivity index (χ0v) is 12.6. The van der Waals surface area contributed by atoms with E-state index in [0.717, 1.165) is 17.0 Å². The van der Waals surface area contributed by atoms with Crippen LogP contribution in [-0.2, 0) is 11.2 Å². The molecule has 1 unspecified atom stereocenters. The molecule has 19 heavy (non-hydrogen) atoms. The maximum Gasteiger partial charge on any atom is 0.221 e. The Bertz CT molecular complexity index is 426. The summed E-state index contributed by atoms with van der Waals surface area (Å²) in [5.74, 6) is 0.00412. The van der Waals surface area contributed by atoms with Crippen LogP contribution in [0.15, 0.2) is 24.3 Å². The molecule has 0 radical (unpaired) electrons. The number of nitrogens with two attached hydrogens (primary N) is 1. The van der Waals surface area contributed by atoms with Gasteiger partial charge in [0.2, 0.25) is 5.91 Å². The number of amides is 1. The fraction of sp³-hybridized carbons (Fsp3) is 0.533. The van der Waals surface area contributed by atoms with Crippen molar-refractivity contribution in [3.8, 4) is 0 Å². The molecule has 1 amide bonds. The SMILES string of the molecule is CC(C)(C)C(N)CC(=O)NCCc1cccc(Cl)c1. The Hall–Kier alpha value is -1.06. The topological polar surface area (TPSA) is 55.1 Å². The number of hydrogen-bond donors (Lipinski definition) is 2. The van der Waals surface area contributed by atoms with E-state index in [1.54, 1.807) is 0 Å². The van der Waals surface area contributed by atoms with Crippen molar-refractivity contribution in [2.45, 2.75) is 39.7 Å². The third-order valence-corrected chi connectivity index (χ3v) is 3.38. The van der Waals surface area contributed by atoms with Crippen molar-refractivity contribution in [1.29, 1.82) is 0 Å². The molecule has 1 rings (SSSR count). The molecule has 0 bridgehead atoms. The number of carbonyl (C=O) groups is 1. The number of carbonyl (C=O) groups excluding carboxylic acids is 1. The molecule has 1 aromatic carbocycles. The van der Waals surface area contributed by atoms with Crippen LogP contribution >= 0.6 is 11.6 Å². The van der Waals surface area contributed by atoms with Gasteiger partial charge in [0.05, 0.1) is 0 Å². The Morgan fingerprint density at radius 1 is 1.42 bits per heavy atom. The summed E-state index contributed by atoms with van der Waals surface area (Å²) in [5, 5.41) is 3.61. The molecular formula is C15H23ClN2O. The van der Waals surface area contributed by atoms with Gasteiger partial charge < -0.3 is 11.1 Å². The Labute approximate surface area is 120 Å². The van der Waals surface area contributed by atoms with Gasteiger partial charge >= 0.3 is 0 Å². The highest BCUT2D eigenvalue weighted by molar-refractivity contribution is 6.30. The molecule has 0 spiro atoms. The van der Waals surface area contributed by atoms with Crippen molar-refractivity contribution in [2.24, 2.45) is 11.1 Å². The fourth-order valence-corrected chi connectivity index (χ4v) is 1.83. The van der Waals surface area contributed by atoms with Crippen molar-refractivity contribution < 1.29 is 4.79 Å². The Balaban J connectivity index is 2.32.